The molecule has 3 aliphatic rings. The molecular formula is C20H29N3O3S. The summed E-state index contributed by atoms with van der Waals surface area (Å²) < 4.78 is 23.8. The van der Waals surface area contributed by atoms with Crippen LogP contribution in [0.3, 0.4) is 0 Å². The lowest BCUT2D eigenvalue weighted by atomic mass is 9.76. The maximum atomic E-state index is 13.2. The van der Waals surface area contributed by atoms with E-state index in [0.29, 0.717) is 29.0 Å². The van der Waals surface area contributed by atoms with Crippen molar-refractivity contribution < 1.29 is 13.2 Å². The first kappa shape index (κ1) is 18.9. The number of benzene rings is 1. The summed E-state index contributed by atoms with van der Waals surface area (Å²) in [5.41, 5.74) is 1.82. The third-order valence-corrected chi connectivity index (χ3v) is 7.77. The molecule has 148 valence electrons. The number of carbonyl (C=O) groups excluding carboxylic acids is 1. The van der Waals surface area contributed by atoms with Crippen LogP contribution in [0.2, 0.25) is 0 Å². The van der Waals surface area contributed by atoms with Crippen molar-refractivity contribution in [2.24, 2.45) is 17.0 Å². The van der Waals surface area contributed by atoms with Crippen LogP contribution in [-0.2, 0) is 10.0 Å². The Morgan fingerprint density at radius 1 is 1.15 bits per heavy atom. The second kappa shape index (κ2) is 6.87. The topological polar surface area (TPSA) is 83.7 Å². The van der Waals surface area contributed by atoms with Crippen molar-refractivity contribution in [3.63, 3.8) is 0 Å². The monoisotopic (exact) mass is 391 g/mol. The Morgan fingerprint density at radius 2 is 1.93 bits per heavy atom. The molecule has 2 N–H and O–H groups in total. The number of hydrogen-bond acceptors (Lipinski definition) is 4. The van der Waals surface area contributed by atoms with Gasteiger partial charge in [-0.1, -0.05) is 6.42 Å². The largest absolute Gasteiger partial charge is 0.338 e. The summed E-state index contributed by atoms with van der Waals surface area (Å²) in [5, 5.41) is 5.36. The normalized spacial score (nSPS) is 28.7. The van der Waals surface area contributed by atoms with E-state index in [-0.39, 0.29) is 10.8 Å². The minimum atomic E-state index is -3.85. The van der Waals surface area contributed by atoms with Gasteiger partial charge in [-0.25, -0.2) is 13.6 Å². The number of nitrogens with two attached hydrogens (primary N) is 1. The lowest BCUT2D eigenvalue weighted by Crippen LogP contribution is -2.59. The second-order valence-electron chi connectivity index (χ2n) is 8.59. The first-order chi connectivity index (χ1) is 12.7. The maximum absolute atomic E-state index is 13.2. The standard InChI is InChI=1S/C20H29N3O3S/c1-13-7-16(9-19(14(13)2)27(21,25)26)20(24)23-11-15-8-17(12-23)18-5-3-4-6-22(18)10-15/h7,9,15,17-18H,3-6,8,10-12H2,1-2H3,(H2,21,25,26)/t15-,17-,18+/m1/s1. The molecule has 0 radical (unpaired) electrons. The van der Waals surface area contributed by atoms with Gasteiger partial charge in [-0.3, -0.25) is 9.69 Å². The summed E-state index contributed by atoms with van der Waals surface area (Å²) in [6, 6.07) is 3.85. The molecule has 7 heteroatoms. The molecule has 1 amide bonds. The smallest absolute Gasteiger partial charge is 0.253 e. The lowest BCUT2D eigenvalue weighted by Gasteiger charge is -2.52. The second-order valence-corrected chi connectivity index (χ2v) is 10.1. The van der Waals surface area contributed by atoms with Gasteiger partial charge in [-0.2, -0.15) is 0 Å². The van der Waals surface area contributed by atoms with Crippen molar-refractivity contribution >= 4 is 15.9 Å². The van der Waals surface area contributed by atoms with Crippen molar-refractivity contribution in [2.75, 3.05) is 26.2 Å². The lowest BCUT2D eigenvalue weighted by molar-refractivity contribution is -0.0243. The predicted octanol–water partition coefficient (Wildman–Crippen LogP) is 1.90. The summed E-state index contributed by atoms with van der Waals surface area (Å²) in [7, 11) is -3.85. The van der Waals surface area contributed by atoms with Crippen LogP contribution in [-0.4, -0.2) is 56.3 Å². The van der Waals surface area contributed by atoms with E-state index in [1.165, 1.54) is 38.3 Å². The van der Waals surface area contributed by atoms with Crippen LogP contribution in [0.1, 0.15) is 47.2 Å². The number of aryl methyl sites for hydroxylation is 1. The number of sulfonamides is 1. The molecule has 0 unspecified atom stereocenters. The van der Waals surface area contributed by atoms with Crippen molar-refractivity contribution in [2.45, 2.75) is 50.5 Å². The Hall–Kier alpha value is -1.44. The number of likely N-dealkylation sites (tertiary alicyclic amines) is 1. The first-order valence-corrected chi connectivity index (χ1v) is 11.5. The Balaban J connectivity index is 1.60. The number of piperidine rings is 3. The molecule has 3 aliphatic heterocycles. The van der Waals surface area contributed by atoms with Crippen LogP contribution in [0.4, 0.5) is 0 Å². The zero-order valence-corrected chi connectivity index (χ0v) is 17.0. The molecule has 3 fully saturated rings. The van der Waals surface area contributed by atoms with E-state index in [2.05, 4.69) is 4.90 Å². The molecule has 3 heterocycles. The van der Waals surface area contributed by atoms with E-state index in [4.69, 9.17) is 5.14 Å². The molecular weight excluding hydrogens is 362 g/mol. The summed E-state index contributed by atoms with van der Waals surface area (Å²) in [6.45, 7) is 7.36. The Bertz CT molecular complexity index is 867. The minimum absolute atomic E-state index is 0.0570. The third kappa shape index (κ3) is 3.52. The average Bonchev–Trinajstić information content (AvgIpc) is 2.62. The third-order valence-electron chi connectivity index (χ3n) is 6.73. The van der Waals surface area contributed by atoms with Crippen LogP contribution in [0.5, 0.6) is 0 Å². The average molecular weight is 392 g/mol. The van der Waals surface area contributed by atoms with E-state index >= 15 is 0 Å². The van der Waals surface area contributed by atoms with Crippen LogP contribution in [0, 0.1) is 25.7 Å². The molecule has 0 aliphatic carbocycles. The highest BCUT2D eigenvalue weighted by molar-refractivity contribution is 7.89. The van der Waals surface area contributed by atoms with E-state index in [0.717, 1.165) is 25.2 Å². The predicted molar refractivity (Wildman–Crippen MR) is 104 cm³/mol. The van der Waals surface area contributed by atoms with Crippen LogP contribution < -0.4 is 5.14 Å². The van der Waals surface area contributed by atoms with Crippen molar-refractivity contribution in [3.05, 3.63) is 28.8 Å². The fourth-order valence-electron chi connectivity index (χ4n) is 5.36. The number of amides is 1. The molecule has 4 rings (SSSR count). The number of hydrogen-bond donors (Lipinski definition) is 1. The van der Waals surface area contributed by atoms with Gasteiger partial charge in [-0.05, 0) is 74.8 Å². The highest BCUT2D eigenvalue weighted by Crippen LogP contribution is 2.38. The van der Waals surface area contributed by atoms with Gasteiger partial charge in [0.05, 0.1) is 4.90 Å². The zero-order chi connectivity index (χ0) is 19.3. The van der Waals surface area contributed by atoms with E-state index in [1.54, 1.807) is 13.0 Å². The number of rotatable bonds is 2. The van der Waals surface area contributed by atoms with E-state index in [1.807, 2.05) is 11.8 Å². The van der Waals surface area contributed by atoms with Gasteiger partial charge in [-0.15, -0.1) is 0 Å². The molecule has 6 nitrogen and oxygen atoms in total. The molecule has 3 atom stereocenters. The van der Waals surface area contributed by atoms with Crippen LogP contribution in [0.25, 0.3) is 0 Å². The zero-order valence-electron chi connectivity index (χ0n) is 16.1. The van der Waals surface area contributed by atoms with Crippen molar-refractivity contribution in [1.82, 2.24) is 9.80 Å². The first-order valence-electron chi connectivity index (χ1n) is 9.91. The number of carbonyl (C=O) groups is 1. The fraction of sp³-hybridized carbons (Fsp3) is 0.650. The summed E-state index contributed by atoms with van der Waals surface area (Å²) in [5.74, 6) is 0.985. The Labute approximate surface area is 161 Å². The Kier molecular flexibility index (Phi) is 4.81. The van der Waals surface area contributed by atoms with Crippen molar-refractivity contribution in [3.8, 4) is 0 Å². The van der Waals surface area contributed by atoms with Gasteiger partial charge in [0, 0.05) is 31.2 Å². The summed E-state index contributed by atoms with van der Waals surface area (Å²) in [6.07, 6.45) is 5.02. The van der Waals surface area contributed by atoms with Gasteiger partial charge in [0.15, 0.2) is 0 Å². The summed E-state index contributed by atoms with van der Waals surface area (Å²) in [4.78, 5) is 17.9. The van der Waals surface area contributed by atoms with E-state index < -0.39 is 10.0 Å². The molecule has 2 bridgehead atoms. The van der Waals surface area contributed by atoms with Crippen LogP contribution in [0.15, 0.2) is 17.0 Å². The summed E-state index contributed by atoms with van der Waals surface area (Å²) >= 11 is 0. The molecule has 0 saturated carbocycles. The SMILES string of the molecule is Cc1cc(C(=O)N2C[C@@H]3C[C@H](C2)[C@@H]2CCCCN2C3)cc(S(N)(=O)=O)c1C. The van der Waals surface area contributed by atoms with Gasteiger partial charge in [0.25, 0.3) is 5.91 Å². The van der Waals surface area contributed by atoms with Crippen molar-refractivity contribution in [1.29, 1.82) is 0 Å². The molecule has 27 heavy (non-hydrogen) atoms. The van der Waals surface area contributed by atoms with Gasteiger partial charge >= 0.3 is 0 Å². The highest BCUT2D eigenvalue weighted by atomic mass is 32.2. The molecule has 0 aromatic heterocycles. The fourth-order valence-corrected chi connectivity index (χ4v) is 6.24. The number of nitrogens with zero attached hydrogens (tertiary/aromatic N) is 2. The minimum Gasteiger partial charge on any atom is -0.338 e. The Morgan fingerprint density at radius 3 is 2.67 bits per heavy atom. The molecule has 0 spiro atoms. The molecule has 1 aromatic carbocycles. The van der Waals surface area contributed by atoms with Gasteiger partial charge < -0.3 is 4.90 Å². The number of fused-ring (bicyclic) bond motifs is 4. The molecule has 3 saturated heterocycles. The molecule has 1 aromatic rings. The maximum Gasteiger partial charge on any atom is 0.253 e. The van der Waals surface area contributed by atoms with Gasteiger partial charge in [0.2, 0.25) is 10.0 Å². The quantitative estimate of drug-likeness (QED) is 0.835. The highest BCUT2D eigenvalue weighted by Gasteiger charge is 2.42. The van der Waals surface area contributed by atoms with E-state index in [9.17, 15) is 13.2 Å². The van der Waals surface area contributed by atoms with Crippen LogP contribution >= 0.6 is 0 Å². The number of primary sulfonamides is 1. The van der Waals surface area contributed by atoms with Gasteiger partial charge in [0.1, 0.15) is 0 Å².